The van der Waals surface area contributed by atoms with E-state index in [1.807, 2.05) is 11.8 Å². The maximum absolute atomic E-state index is 13.4. The summed E-state index contributed by atoms with van der Waals surface area (Å²) in [6.45, 7) is 9.70. The summed E-state index contributed by atoms with van der Waals surface area (Å²) in [5.41, 5.74) is -0.0448. The Morgan fingerprint density at radius 2 is 1.73 bits per heavy atom. The molecule has 2 saturated heterocycles. The summed E-state index contributed by atoms with van der Waals surface area (Å²) in [4.78, 5) is 0. The van der Waals surface area contributed by atoms with Gasteiger partial charge in [0.15, 0.2) is 0 Å². The molecule has 6 heteroatoms. The molecule has 4 nitrogen and oxygen atoms in total. The maximum Gasteiger partial charge on any atom is 0.348 e. The van der Waals surface area contributed by atoms with E-state index < -0.39 is 7.60 Å². The monoisotopic (exact) mass is 347 g/mol. The summed E-state index contributed by atoms with van der Waals surface area (Å²) in [6, 6.07) is 0. The van der Waals surface area contributed by atoms with Crippen molar-refractivity contribution in [3.63, 3.8) is 0 Å². The van der Waals surface area contributed by atoms with Gasteiger partial charge in [0.25, 0.3) is 0 Å². The van der Waals surface area contributed by atoms with Crippen LogP contribution in [0.4, 0.5) is 0 Å². The molecule has 1 aliphatic carbocycles. The lowest BCUT2D eigenvalue weighted by Crippen LogP contribution is -2.46. The molecule has 2 atom stereocenters. The van der Waals surface area contributed by atoms with Crippen molar-refractivity contribution in [3.8, 4) is 0 Å². The normalized spacial score (nSPS) is 36.8. The van der Waals surface area contributed by atoms with Gasteiger partial charge in [0.05, 0.1) is 18.6 Å². The zero-order valence-electron chi connectivity index (χ0n) is 14.3. The molecule has 0 aromatic heterocycles. The van der Waals surface area contributed by atoms with Crippen LogP contribution in [0.15, 0.2) is 0 Å². The van der Waals surface area contributed by atoms with Crippen molar-refractivity contribution < 1.29 is 13.6 Å². The summed E-state index contributed by atoms with van der Waals surface area (Å²) in [5, 5.41) is 3.98. The van der Waals surface area contributed by atoms with Gasteiger partial charge in [-0.05, 0) is 18.8 Å². The van der Waals surface area contributed by atoms with Crippen molar-refractivity contribution in [2.24, 2.45) is 11.3 Å². The van der Waals surface area contributed by atoms with Gasteiger partial charge in [0, 0.05) is 10.2 Å². The van der Waals surface area contributed by atoms with E-state index in [-0.39, 0.29) is 15.9 Å². The van der Waals surface area contributed by atoms with Crippen LogP contribution < -0.4 is 5.32 Å². The van der Waals surface area contributed by atoms with E-state index in [1.54, 1.807) is 0 Å². The average molecular weight is 347 g/mol. The van der Waals surface area contributed by atoms with Gasteiger partial charge < -0.3 is 9.05 Å². The second kappa shape index (κ2) is 6.07. The van der Waals surface area contributed by atoms with Crippen LogP contribution in [-0.2, 0) is 13.6 Å². The van der Waals surface area contributed by atoms with E-state index in [0.717, 1.165) is 12.8 Å². The van der Waals surface area contributed by atoms with E-state index in [9.17, 15) is 4.57 Å². The lowest BCUT2D eigenvalue weighted by molar-refractivity contribution is 0.0344. The van der Waals surface area contributed by atoms with Crippen LogP contribution >= 0.6 is 19.4 Å². The summed E-state index contributed by atoms with van der Waals surface area (Å²) in [6.07, 6.45) is 5.99. The highest BCUT2D eigenvalue weighted by molar-refractivity contribution is 8.02. The van der Waals surface area contributed by atoms with Crippen LogP contribution in [0.5, 0.6) is 0 Å². The van der Waals surface area contributed by atoms with Crippen LogP contribution in [0, 0.1) is 11.3 Å². The van der Waals surface area contributed by atoms with Crippen LogP contribution in [0.1, 0.15) is 59.8 Å². The largest absolute Gasteiger partial charge is 0.348 e. The first kappa shape index (κ1) is 17.3. The van der Waals surface area contributed by atoms with Crippen LogP contribution in [-0.4, -0.2) is 29.1 Å². The number of rotatable bonds is 2. The molecule has 1 N–H and O–H groups in total. The van der Waals surface area contributed by atoms with Crippen LogP contribution in [0.25, 0.3) is 0 Å². The Morgan fingerprint density at radius 3 is 2.27 bits per heavy atom. The molecule has 3 rings (SSSR count). The smallest absolute Gasteiger partial charge is 0.307 e. The lowest BCUT2D eigenvalue weighted by atomic mass is 9.88. The average Bonchev–Trinajstić information content (AvgIpc) is 2.84. The second-order valence-electron chi connectivity index (χ2n) is 8.23. The second-order valence-corrected chi connectivity index (χ2v) is 11.9. The summed E-state index contributed by atoms with van der Waals surface area (Å²) >= 11 is 2.00. The van der Waals surface area contributed by atoms with Crippen molar-refractivity contribution >= 4 is 19.4 Å². The topological polar surface area (TPSA) is 47.6 Å². The molecule has 2 aliphatic heterocycles. The molecule has 2 heterocycles. The first-order valence-corrected chi connectivity index (χ1v) is 11.1. The van der Waals surface area contributed by atoms with Crippen LogP contribution in [0.3, 0.4) is 0 Å². The molecule has 0 bridgehead atoms. The first-order chi connectivity index (χ1) is 10.3. The van der Waals surface area contributed by atoms with E-state index >= 15 is 0 Å². The predicted molar refractivity (Wildman–Crippen MR) is 92.2 cm³/mol. The molecule has 3 fully saturated rings. The SMILES string of the molecule is CC(C)[C@@H]1N[C@H](P2(=O)OCC(C)(C)CO2)C2(CCCCC2)S1. The summed E-state index contributed by atoms with van der Waals surface area (Å²) in [5.74, 6) is 0.371. The summed E-state index contributed by atoms with van der Waals surface area (Å²) < 4.78 is 25.2. The molecule has 3 aliphatic rings. The molecular weight excluding hydrogens is 317 g/mol. The number of hydrogen-bond donors (Lipinski definition) is 1. The minimum Gasteiger partial charge on any atom is -0.307 e. The Bertz CT molecular complexity index is 448. The van der Waals surface area contributed by atoms with Gasteiger partial charge in [-0.1, -0.05) is 47.0 Å². The first-order valence-electron chi connectivity index (χ1n) is 8.59. The molecule has 22 heavy (non-hydrogen) atoms. The fourth-order valence-electron chi connectivity index (χ4n) is 3.67. The third-order valence-electron chi connectivity index (χ3n) is 5.07. The fourth-order valence-corrected chi connectivity index (χ4v) is 8.65. The summed E-state index contributed by atoms with van der Waals surface area (Å²) in [7, 11) is -3.08. The van der Waals surface area contributed by atoms with Crippen molar-refractivity contribution in [1.29, 1.82) is 0 Å². The minimum atomic E-state index is -3.08. The zero-order valence-corrected chi connectivity index (χ0v) is 16.0. The quantitative estimate of drug-likeness (QED) is 0.740. The predicted octanol–water partition coefficient (Wildman–Crippen LogP) is 4.60. The third kappa shape index (κ3) is 3.17. The Labute approximate surface area is 139 Å². The van der Waals surface area contributed by atoms with E-state index in [0.29, 0.717) is 24.5 Å². The molecule has 0 radical (unpaired) electrons. The van der Waals surface area contributed by atoms with Gasteiger partial charge in [-0.3, -0.25) is 9.88 Å². The Balaban J connectivity index is 1.84. The Morgan fingerprint density at radius 1 is 1.14 bits per heavy atom. The lowest BCUT2D eigenvalue weighted by Gasteiger charge is -2.43. The molecule has 0 aromatic carbocycles. The van der Waals surface area contributed by atoms with Crippen molar-refractivity contribution in [3.05, 3.63) is 0 Å². The van der Waals surface area contributed by atoms with Gasteiger partial charge in [0.2, 0.25) is 0 Å². The van der Waals surface area contributed by atoms with Gasteiger partial charge in [-0.15, -0.1) is 11.8 Å². The molecule has 0 aromatic rings. The highest BCUT2D eigenvalue weighted by Gasteiger charge is 2.59. The van der Waals surface area contributed by atoms with Crippen molar-refractivity contribution in [2.75, 3.05) is 13.2 Å². The van der Waals surface area contributed by atoms with Crippen LogP contribution in [0.2, 0.25) is 0 Å². The maximum atomic E-state index is 13.4. The Hall–Kier alpha value is 0.460. The number of nitrogens with one attached hydrogen (secondary N) is 1. The third-order valence-corrected chi connectivity index (χ3v) is 9.55. The molecule has 0 amide bonds. The van der Waals surface area contributed by atoms with Crippen molar-refractivity contribution in [2.45, 2.75) is 75.7 Å². The number of hydrogen-bond acceptors (Lipinski definition) is 5. The molecule has 1 saturated carbocycles. The van der Waals surface area contributed by atoms with E-state index in [2.05, 4.69) is 33.0 Å². The zero-order chi connectivity index (χ0) is 16.0. The standard InChI is InChI=1S/C16H30NO3PS/c1-12(2)13-17-14(16(22-13)8-6-5-7-9-16)21(18)19-10-15(3,4)11-20-21/h12-14,17H,5-11H2,1-4H3/t13-,14-/m1/s1. The fraction of sp³-hybridized carbons (Fsp3) is 1.00. The molecule has 1 spiro atoms. The highest BCUT2D eigenvalue weighted by atomic mass is 32.2. The molecule has 128 valence electrons. The van der Waals surface area contributed by atoms with Gasteiger partial charge in [-0.25, -0.2) is 0 Å². The van der Waals surface area contributed by atoms with E-state index in [1.165, 1.54) is 19.3 Å². The highest BCUT2D eigenvalue weighted by Crippen LogP contribution is 2.66. The van der Waals surface area contributed by atoms with Gasteiger partial charge in [0.1, 0.15) is 5.78 Å². The molecule has 0 unspecified atom stereocenters. The van der Waals surface area contributed by atoms with Crippen molar-refractivity contribution in [1.82, 2.24) is 5.32 Å². The minimum absolute atomic E-state index is 0.0319. The molecular formula is C16H30NO3PS. The van der Waals surface area contributed by atoms with Gasteiger partial charge in [-0.2, -0.15) is 0 Å². The van der Waals surface area contributed by atoms with E-state index in [4.69, 9.17) is 9.05 Å². The Kier molecular flexibility index (Phi) is 4.77. The number of thioether (sulfide) groups is 1. The van der Waals surface area contributed by atoms with Gasteiger partial charge >= 0.3 is 7.60 Å².